The Balaban J connectivity index is 1.35. The molecule has 3 rings (SSSR count). The van der Waals surface area contributed by atoms with Gasteiger partial charge in [0.05, 0.1) is 6.42 Å². The van der Waals surface area contributed by atoms with Gasteiger partial charge in [-0.2, -0.15) is 0 Å². The van der Waals surface area contributed by atoms with E-state index in [4.69, 9.17) is 9.47 Å². The average molecular weight is 432 g/mol. The number of benzene rings is 3. The molecule has 0 aromatic heterocycles. The lowest BCUT2D eigenvalue weighted by Crippen LogP contribution is -2.21. The molecule has 0 aliphatic heterocycles. The van der Waals surface area contributed by atoms with Crippen LogP contribution in [0.5, 0.6) is 11.5 Å². The second kappa shape index (κ2) is 11.3. The number of anilines is 2. The molecule has 7 heteroatoms. The molecule has 164 valence electrons. The summed E-state index contributed by atoms with van der Waals surface area (Å²) in [7, 11) is 0. The maximum absolute atomic E-state index is 12.1. The van der Waals surface area contributed by atoms with Crippen molar-refractivity contribution >= 4 is 29.2 Å². The van der Waals surface area contributed by atoms with E-state index in [0.29, 0.717) is 17.1 Å². The predicted molar refractivity (Wildman–Crippen MR) is 122 cm³/mol. The number of esters is 1. The molecule has 0 saturated carbocycles. The highest BCUT2D eigenvalue weighted by Gasteiger charge is 2.11. The molecule has 2 N–H and O–H groups in total. The van der Waals surface area contributed by atoms with Crippen LogP contribution in [0.25, 0.3) is 0 Å². The molecule has 0 saturated heterocycles. The van der Waals surface area contributed by atoms with Crippen molar-refractivity contribution in [3.63, 3.8) is 0 Å². The first-order valence-electron chi connectivity index (χ1n) is 10.1. The topological polar surface area (TPSA) is 93.7 Å². The largest absolute Gasteiger partial charge is 0.457 e. The smallest absolute Gasteiger partial charge is 0.306 e. The van der Waals surface area contributed by atoms with E-state index in [2.05, 4.69) is 10.6 Å². The van der Waals surface area contributed by atoms with Crippen LogP contribution in [0.2, 0.25) is 0 Å². The zero-order valence-electron chi connectivity index (χ0n) is 17.7. The highest BCUT2D eigenvalue weighted by Crippen LogP contribution is 2.22. The summed E-state index contributed by atoms with van der Waals surface area (Å²) in [6.45, 7) is 1.54. The number of hydrogen-bond acceptors (Lipinski definition) is 5. The molecular formula is C25H24N2O5. The Kier molecular flexibility index (Phi) is 7.97. The van der Waals surface area contributed by atoms with E-state index in [-0.39, 0.29) is 18.7 Å². The highest BCUT2D eigenvalue weighted by molar-refractivity contribution is 5.94. The summed E-state index contributed by atoms with van der Waals surface area (Å²) in [5.74, 6) is -0.0323. The number of nitrogens with one attached hydrogen (secondary N) is 2. The number of rotatable bonds is 9. The van der Waals surface area contributed by atoms with Crippen LogP contribution in [0.1, 0.15) is 18.4 Å². The number of carbonyl (C=O) groups excluding carboxylic acids is 3. The summed E-state index contributed by atoms with van der Waals surface area (Å²) in [5, 5.41) is 5.34. The van der Waals surface area contributed by atoms with Gasteiger partial charge in [-0.25, -0.2) is 0 Å². The summed E-state index contributed by atoms with van der Waals surface area (Å²) in [6.07, 6.45) is -0.181. The first-order chi connectivity index (χ1) is 15.5. The first-order valence-corrected chi connectivity index (χ1v) is 10.1. The minimum absolute atomic E-state index is 0.0549. The lowest BCUT2D eigenvalue weighted by molar-refractivity contribution is -0.147. The summed E-state index contributed by atoms with van der Waals surface area (Å²) >= 11 is 0. The number of para-hydroxylation sites is 1. The third-order valence-corrected chi connectivity index (χ3v) is 4.37. The van der Waals surface area contributed by atoms with E-state index in [1.54, 1.807) is 36.4 Å². The molecule has 7 nitrogen and oxygen atoms in total. The van der Waals surface area contributed by atoms with Crippen LogP contribution >= 0.6 is 0 Å². The van der Waals surface area contributed by atoms with Crippen LogP contribution in [0.15, 0.2) is 78.9 Å². The predicted octanol–water partition coefficient (Wildman–Crippen LogP) is 4.69. The Morgan fingerprint density at radius 3 is 1.91 bits per heavy atom. The van der Waals surface area contributed by atoms with Gasteiger partial charge < -0.3 is 20.1 Å². The number of carbonyl (C=O) groups is 3. The number of amides is 2. The van der Waals surface area contributed by atoms with E-state index < -0.39 is 18.5 Å². The molecule has 0 heterocycles. The third-order valence-electron chi connectivity index (χ3n) is 4.37. The fourth-order valence-electron chi connectivity index (χ4n) is 2.72. The number of aryl methyl sites for hydroxylation is 1. The van der Waals surface area contributed by atoms with Crippen LogP contribution in [0.4, 0.5) is 11.4 Å². The molecule has 0 unspecified atom stereocenters. The molecule has 0 aliphatic carbocycles. The second-order valence-corrected chi connectivity index (χ2v) is 7.06. The lowest BCUT2D eigenvalue weighted by atomic mass is 10.2. The summed E-state index contributed by atoms with van der Waals surface area (Å²) in [4.78, 5) is 35.7. The first kappa shape index (κ1) is 22.6. The molecular weight excluding hydrogens is 408 g/mol. The molecule has 0 atom stereocenters. The van der Waals surface area contributed by atoms with Crippen molar-refractivity contribution in [2.75, 3.05) is 17.2 Å². The van der Waals surface area contributed by atoms with Crippen LogP contribution < -0.4 is 15.4 Å². The van der Waals surface area contributed by atoms with Crippen LogP contribution in [0.3, 0.4) is 0 Å². The molecule has 3 aromatic carbocycles. The summed E-state index contributed by atoms with van der Waals surface area (Å²) < 4.78 is 10.6. The Hall–Kier alpha value is -4.13. The molecule has 2 amide bonds. The molecule has 0 radical (unpaired) electrons. The van der Waals surface area contributed by atoms with Gasteiger partial charge >= 0.3 is 5.97 Å². The van der Waals surface area contributed by atoms with Gasteiger partial charge in [-0.3, -0.25) is 14.4 Å². The Morgan fingerprint density at radius 1 is 0.688 bits per heavy atom. The van der Waals surface area contributed by atoms with E-state index in [9.17, 15) is 14.4 Å². The van der Waals surface area contributed by atoms with Crippen LogP contribution in [-0.2, 0) is 19.1 Å². The quantitative estimate of drug-likeness (QED) is 0.479. The number of hydrogen-bond donors (Lipinski definition) is 2. The molecule has 0 fully saturated rings. The fraction of sp³-hybridized carbons (Fsp3) is 0.160. The minimum atomic E-state index is -0.620. The Morgan fingerprint density at radius 2 is 1.25 bits per heavy atom. The van der Waals surface area contributed by atoms with Gasteiger partial charge in [-0.1, -0.05) is 35.9 Å². The zero-order chi connectivity index (χ0) is 22.8. The monoisotopic (exact) mass is 432 g/mol. The van der Waals surface area contributed by atoms with Gasteiger partial charge in [-0.15, -0.1) is 0 Å². The standard InChI is InChI=1S/C25H24N2O5/c1-18-7-9-19(10-8-18)27-24(29)17-31-25(30)16-15-23(28)26-20-11-13-22(14-12-20)32-21-5-3-2-4-6-21/h2-14H,15-17H2,1H3,(H,26,28)(H,27,29). The lowest BCUT2D eigenvalue weighted by Gasteiger charge is -2.09. The van der Waals surface area contributed by atoms with Crippen LogP contribution in [-0.4, -0.2) is 24.4 Å². The maximum Gasteiger partial charge on any atom is 0.306 e. The van der Waals surface area contributed by atoms with Gasteiger partial charge in [-0.05, 0) is 55.5 Å². The van der Waals surface area contributed by atoms with Crippen molar-refractivity contribution in [2.45, 2.75) is 19.8 Å². The van der Waals surface area contributed by atoms with Crippen molar-refractivity contribution < 1.29 is 23.9 Å². The van der Waals surface area contributed by atoms with E-state index in [0.717, 1.165) is 11.3 Å². The van der Waals surface area contributed by atoms with E-state index >= 15 is 0 Å². The number of ether oxygens (including phenoxy) is 2. The summed E-state index contributed by atoms with van der Waals surface area (Å²) in [6, 6.07) is 23.5. The molecule has 0 aliphatic rings. The molecule has 32 heavy (non-hydrogen) atoms. The van der Waals surface area contributed by atoms with Crippen LogP contribution in [0, 0.1) is 6.92 Å². The Labute approximate surface area is 186 Å². The Bertz CT molecular complexity index is 1050. The zero-order valence-corrected chi connectivity index (χ0v) is 17.7. The summed E-state index contributed by atoms with van der Waals surface area (Å²) in [5.41, 5.74) is 2.28. The van der Waals surface area contributed by atoms with Gasteiger partial charge in [0.2, 0.25) is 5.91 Å². The van der Waals surface area contributed by atoms with Crippen molar-refractivity contribution in [3.8, 4) is 11.5 Å². The molecule has 3 aromatic rings. The minimum Gasteiger partial charge on any atom is -0.457 e. The van der Waals surface area contributed by atoms with Gasteiger partial charge in [0.15, 0.2) is 6.61 Å². The maximum atomic E-state index is 12.1. The average Bonchev–Trinajstić information content (AvgIpc) is 2.80. The van der Waals surface area contributed by atoms with Gasteiger partial charge in [0, 0.05) is 17.8 Å². The second-order valence-electron chi connectivity index (χ2n) is 7.06. The highest BCUT2D eigenvalue weighted by atomic mass is 16.5. The van der Waals surface area contributed by atoms with E-state index in [1.165, 1.54) is 0 Å². The fourth-order valence-corrected chi connectivity index (χ4v) is 2.72. The molecule has 0 bridgehead atoms. The normalized spacial score (nSPS) is 10.2. The molecule has 0 spiro atoms. The van der Waals surface area contributed by atoms with Crippen molar-refractivity contribution in [2.24, 2.45) is 0 Å². The SMILES string of the molecule is Cc1ccc(NC(=O)COC(=O)CCC(=O)Nc2ccc(Oc3ccccc3)cc2)cc1. The van der Waals surface area contributed by atoms with Gasteiger partial charge in [0.25, 0.3) is 5.91 Å². The third kappa shape index (κ3) is 7.60. The van der Waals surface area contributed by atoms with Crippen molar-refractivity contribution in [3.05, 3.63) is 84.4 Å². The van der Waals surface area contributed by atoms with E-state index in [1.807, 2.05) is 49.4 Å². The van der Waals surface area contributed by atoms with Crippen molar-refractivity contribution in [1.82, 2.24) is 0 Å². The van der Waals surface area contributed by atoms with Gasteiger partial charge in [0.1, 0.15) is 11.5 Å². The van der Waals surface area contributed by atoms with Crippen molar-refractivity contribution in [1.29, 1.82) is 0 Å².